The predicted octanol–water partition coefficient (Wildman–Crippen LogP) is 3.21. The summed E-state index contributed by atoms with van der Waals surface area (Å²) in [6.45, 7) is 2.55. The summed E-state index contributed by atoms with van der Waals surface area (Å²) in [5, 5.41) is 0. The number of benzene rings is 1. The highest BCUT2D eigenvalue weighted by atomic mass is 16.1. The molecule has 0 radical (unpaired) electrons. The Bertz CT molecular complexity index is 654. The molecule has 2 heterocycles. The molecule has 0 saturated carbocycles. The zero-order valence-electron chi connectivity index (χ0n) is 12.1. The summed E-state index contributed by atoms with van der Waals surface area (Å²) < 4.78 is 0. The van der Waals surface area contributed by atoms with Gasteiger partial charge in [0.1, 0.15) is 0 Å². The van der Waals surface area contributed by atoms with Gasteiger partial charge in [-0.1, -0.05) is 0 Å². The molecule has 0 aliphatic carbocycles. The summed E-state index contributed by atoms with van der Waals surface area (Å²) in [5.74, 6) is 0.00570. The number of pyridine rings is 1. The Morgan fingerprint density at radius 3 is 2.71 bits per heavy atom. The maximum absolute atomic E-state index is 11.5. The van der Waals surface area contributed by atoms with E-state index in [0.717, 1.165) is 25.1 Å². The molecule has 108 valence electrons. The van der Waals surface area contributed by atoms with Gasteiger partial charge in [0.2, 0.25) is 0 Å². The second-order valence-electron chi connectivity index (χ2n) is 5.46. The van der Waals surface area contributed by atoms with Crippen molar-refractivity contribution in [2.75, 3.05) is 17.2 Å². The number of rotatable bonds is 3. The summed E-state index contributed by atoms with van der Waals surface area (Å²) >= 11 is 0. The third-order valence-corrected chi connectivity index (χ3v) is 4.09. The van der Waals surface area contributed by atoms with E-state index in [0.29, 0.717) is 17.3 Å². The largest absolute Gasteiger partial charge is 0.398 e. The van der Waals surface area contributed by atoms with Crippen LogP contribution in [0.5, 0.6) is 0 Å². The van der Waals surface area contributed by atoms with Crippen LogP contribution in [0, 0.1) is 0 Å². The highest BCUT2D eigenvalue weighted by molar-refractivity contribution is 5.99. The topological polar surface area (TPSA) is 59.2 Å². The fraction of sp³-hybridized carbons (Fsp3) is 0.294. The van der Waals surface area contributed by atoms with Gasteiger partial charge in [0.05, 0.1) is 6.04 Å². The highest BCUT2D eigenvalue weighted by Crippen LogP contribution is 2.36. The van der Waals surface area contributed by atoms with Gasteiger partial charge in [0.15, 0.2) is 5.78 Å². The number of hydrogen-bond donors (Lipinski definition) is 1. The number of anilines is 2. The van der Waals surface area contributed by atoms with E-state index in [-0.39, 0.29) is 5.78 Å². The van der Waals surface area contributed by atoms with Gasteiger partial charge in [-0.2, -0.15) is 0 Å². The molecule has 1 aliphatic rings. The van der Waals surface area contributed by atoms with Gasteiger partial charge in [-0.25, -0.2) is 0 Å². The van der Waals surface area contributed by atoms with Crippen molar-refractivity contribution in [2.24, 2.45) is 0 Å². The van der Waals surface area contributed by atoms with Crippen LogP contribution in [0.2, 0.25) is 0 Å². The van der Waals surface area contributed by atoms with Gasteiger partial charge in [-0.05, 0) is 55.7 Å². The molecule has 1 aliphatic heterocycles. The van der Waals surface area contributed by atoms with Gasteiger partial charge in [0.25, 0.3) is 0 Å². The lowest BCUT2D eigenvalue weighted by Gasteiger charge is -2.27. The quantitative estimate of drug-likeness (QED) is 0.693. The highest BCUT2D eigenvalue weighted by Gasteiger charge is 2.26. The number of hydrogen-bond acceptors (Lipinski definition) is 4. The molecular weight excluding hydrogens is 262 g/mol. The van der Waals surface area contributed by atoms with Crippen LogP contribution in [-0.4, -0.2) is 17.3 Å². The number of nitrogens with two attached hydrogens (primary N) is 1. The smallest absolute Gasteiger partial charge is 0.161 e. The fourth-order valence-electron chi connectivity index (χ4n) is 3.06. The minimum Gasteiger partial charge on any atom is -0.398 e. The van der Waals surface area contributed by atoms with Gasteiger partial charge < -0.3 is 10.6 Å². The van der Waals surface area contributed by atoms with Crippen molar-refractivity contribution in [3.8, 4) is 0 Å². The molecule has 3 rings (SSSR count). The minimum atomic E-state index is 0.00570. The van der Waals surface area contributed by atoms with Gasteiger partial charge in [0, 0.05) is 35.9 Å². The monoisotopic (exact) mass is 281 g/mol. The minimum absolute atomic E-state index is 0.00570. The lowest BCUT2D eigenvalue weighted by atomic mass is 10.0. The molecule has 1 aromatic carbocycles. The third kappa shape index (κ3) is 2.61. The van der Waals surface area contributed by atoms with Crippen molar-refractivity contribution in [1.82, 2.24) is 4.98 Å². The third-order valence-electron chi connectivity index (χ3n) is 4.09. The summed E-state index contributed by atoms with van der Waals surface area (Å²) in [6, 6.07) is 10.2. The number of aromatic nitrogens is 1. The number of carbonyl (C=O) groups excluding carboxylic acids is 1. The second-order valence-corrected chi connectivity index (χ2v) is 5.46. The Kier molecular flexibility index (Phi) is 3.60. The zero-order chi connectivity index (χ0) is 14.8. The average Bonchev–Trinajstić information content (AvgIpc) is 2.97. The Hall–Kier alpha value is -2.36. The predicted molar refractivity (Wildman–Crippen MR) is 84.4 cm³/mol. The van der Waals surface area contributed by atoms with Crippen LogP contribution in [-0.2, 0) is 0 Å². The summed E-state index contributed by atoms with van der Waals surface area (Å²) in [6.07, 6.45) is 5.94. The van der Waals surface area contributed by atoms with Crippen LogP contribution in [0.1, 0.15) is 41.7 Å². The number of nitrogen functional groups attached to an aromatic ring is 1. The van der Waals surface area contributed by atoms with Crippen LogP contribution in [0.25, 0.3) is 0 Å². The first-order chi connectivity index (χ1) is 10.2. The summed E-state index contributed by atoms with van der Waals surface area (Å²) in [5.41, 5.74) is 9.52. The number of nitrogens with zero attached hydrogens (tertiary/aromatic N) is 2. The molecule has 1 fully saturated rings. The Morgan fingerprint density at radius 2 is 2.05 bits per heavy atom. The molecule has 21 heavy (non-hydrogen) atoms. The lowest BCUT2D eigenvalue weighted by molar-refractivity contribution is 0.101. The van der Waals surface area contributed by atoms with E-state index in [9.17, 15) is 4.79 Å². The molecule has 1 atom stereocenters. The van der Waals surface area contributed by atoms with E-state index < -0.39 is 0 Å². The SMILES string of the molecule is CC(=O)c1ccc(N2CCCC2c2ccncc2)cc1N. The summed E-state index contributed by atoms with van der Waals surface area (Å²) in [4.78, 5) is 17.9. The fourth-order valence-corrected chi connectivity index (χ4v) is 3.06. The number of Topliss-reactive ketones (excluding diaryl/α,β-unsaturated/α-hetero) is 1. The molecule has 4 heteroatoms. The Labute approximate surface area is 124 Å². The number of ketones is 1. The van der Waals surface area contributed by atoms with Crippen LogP contribution in [0.4, 0.5) is 11.4 Å². The maximum Gasteiger partial charge on any atom is 0.161 e. The van der Waals surface area contributed by atoms with Crippen molar-refractivity contribution in [2.45, 2.75) is 25.8 Å². The van der Waals surface area contributed by atoms with Crippen molar-refractivity contribution in [3.05, 3.63) is 53.9 Å². The summed E-state index contributed by atoms with van der Waals surface area (Å²) in [7, 11) is 0. The molecule has 4 nitrogen and oxygen atoms in total. The van der Waals surface area contributed by atoms with E-state index >= 15 is 0 Å². The zero-order valence-corrected chi connectivity index (χ0v) is 12.1. The van der Waals surface area contributed by atoms with Crippen molar-refractivity contribution in [3.63, 3.8) is 0 Å². The number of carbonyl (C=O) groups is 1. The van der Waals surface area contributed by atoms with Gasteiger partial charge in [-0.15, -0.1) is 0 Å². The van der Waals surface area contributed by atoms with Crippen LogP contribution >= 0.6 is 0 Å². The molecule has 2 N–H and O–H groups in total. The molecule has 0 bridgehead atoms. The average molecular weight is 281 g/mol. The lowest BCUT2D eigenvalue weighted by Crippen LogP contribution is -2.22. The van der Waals surface area contributed by atoms with E-state index in [1.165, 1.54) is 5.56 Å². The molecule has 0 amide bonds. The first kappa shape index (κ1) is 13.6. The molecular formula is C17H19N3O. The van der Waals surface area contributed by atoms with Crippen molar-refractivity contribution < 1.29 is 4.79 Å². The second kappa shape index (κ2) is 5.56. The molecule has 1 aromatic heterocycles. The van der Waals surface area contributed by atoms with Crippen LogP contribution < -0.4 is 10.6 Å². The molecule has 2 aromatic rings. The first-order valence-electron chi connectivity index (χ1n) is 7.24. The van der Waals surface area contributed by atoms with E-state index in [1.807, 2.05) is 30.6 Å². The van der Waals surface area contributed by atoms with Crippen molar-refractivity contribution >= 4 is 17.2 Å². The van der Waals surface area contributed by atoms with Gasteiger partial charge in [-0.3, -0.25) is 9.78 Å². The van der Waals surface area contributed by atoms with Crippen molar-refractivity contribution in [1.29, 1.82) is 0 Å². The standard InChI is InChI=1S/C17H19N3O/c1-12(21)15-5-4-14(11-16(15)18)20-10-2-3-17(20)13-6-8-19-9-7-13/h4-9,11,17H,2-3,10,18H2,1H3. The molecule has 1 unspecified atom stereocenters. The molecule has 0 spiro atoms. The normalized spacial score (nSPS) is 18.0. The molecule has 1 saturated heterocycles. The van der Waals surface area contributed by atoms with Gasteiger partial charge >= 0.3 is 0 Å². The van der Waals surface area contributed by atoms with E-state index in [4.69, 9.17) is 5.73 Å². The van der Waals surface area contributed by atoms with Crippen LogP contribution in [0.3, 0.4) is 0 Å². The maximum atomic E-state index is 11.5. The Balaban J connectivity index is 1.92. The van der Waals surface area contributed by atoms with E-state index in [1.54, 1.807) is 6.92 Å². The Morgan fingerprint density at radius 1 is 1.29 bits per heavy atom. The van der Waals surface area contributed by atoms with Crippen LogP contribution in [0.15, 0.2) is 42.7 Å². The van der Waals surface area contributed by atoms with E-state index in [2.05, 4.69) is 22.0 Å². The first-order valence-corrected chi connectivity index (χ1v) is 7.24.